The van der Waals surface area contributed by atoms with Gasteiger partial charge in [0.25, 0.3) is 0 Å². The van der Waals surface area contributed by atoms with Crippen LogP contribution in [0.25, 0.3) is 0 Å². The van der Waals surface area contributed by atoms with Crippen molar-refractivity contribution >= 4 is 17.4 Å². The zero-order valence-electron chi connectivity index (χ0n) is 16.9. The first-order valence-corrected chi connectivity index (χ1v) is 10.2. The van der Waals surface area contributed by atoms with Crippen LogP contribution in [-0.4, -0.2) is 32.9 Å². The van der Waals surface area contributed by atoms with E-state index in [1.165, 1.54) is 0 Å². The van der Waals surface area contributed by atoms with Crippen molar-refractivity contribution < 1.29 is 4.74 Å². The molecule has 1 aliphatic heterocycles. The summed E-state index contributed by atoms with van der Waals surface area (Å²) < 4.78 is 7.69. The van der Waals surface area contributed by atoms with E-state index in [1.54, 1.807) is 6.20 Å². The molecule has 7 heteroatoms. The molecule has 0 aliphatic carbocycles. The van der Waals surface area contributed by atoms with Crippen molar-refractivity contribution in [1.29, 1.82) is 0 Å². The Morgan fingerprint density at radius 3 is 2.70 bits per heavy atom. The molecule has 6 nitrogen and oxygen atoms in total. The number of anilines is 1. The molecular formula is C20H30ClN5O. The van der Waals surface area contributed by atoms with Gasteiger partial charge in [-0.3, -0.25) is 9.67 Å². The maximum atomic E-state index is 6.74. The van der Waals surface area contributed by atoms with E-state index in [0.29, 0.717) is 24.3 Å². The van der Waals surface area contributed by atoms with E-state index in [2.05, 4.69) is 47.7 Å². The highest BCUT2D eigenvalue weighted by Gasteiger charge is 2.32. The van der Waals surface area contributed by atoms with Crippen LogP contribution < -0.4 is 9.64 Å². The molecule has 0 aromatic carbocycles. The number of nitrogens with zero attached hydrogens (tertiary/aromatic N) is 5. The van der Waals surface area contributed by atoms with Crippen molar-refractivity contribution in [1.82, 2.24) is 19.7 Å². The Bertz CT molecular complexity index is 774. The van der Waals surface area contributed by atoms with Gasteiger partial charge >= 0.3 is 0 Å². The monoisotopic (exact) mass is 391 g/mol. The van der Waals surface area contributed by atoms with Crippen LogP contribution in [0.4, 0.5) is 5.82 Å². The molecule has 3 heterocycles. The third kappa shape index (κ3) is 4.54. The largest absolute Gasteiger partial charge is 0.476 e. The average molecular weight is 392 g/mol. The predicted octanol–water partition coefficient (Wildman–Crippen LogP) is 4.67. The van der Waals surface area contributed by atoms with E-state index >= 15 is 0 Å². The molecule has 0 bridgehead atoms. The number of rotatable bonds is 7. The number of ether oxygens (including phenoxy) is 1. The van der Waals surface area contributed by atoms with Gasteiger partial charge in [0.05, 0.1) is 30.7 Å². The van der Waals surface area contributed by atoms with Crippen LogP contribution >= 0.6 is 11.6 Å². The minimum absolute atomic E-state index is 0.174. The van der Waals surface area contributed by atoms with Gasteiger partial charge in [0.2, 0.25) is 5.88 Å². The lowest BCUT2D eigenvalue weighted by molar-refractivity contribution is 0.260. The van der Waals surface area contributed by atoms with Crippen molar-refractivity contribution in [2.75, 3.05) is 18.1 Å². The second-order valence-electron chi connectivity index (χ2n) is 8.14. The van der Waals surface area contributed by atoms with Gasteiger partial charge in [-0.2, -0.15) is 10.1 Å². The van der Waals surface area contributed by atoms with E-state index in [0.717, 1.165) is 48.2 Å². The summed E-state index contributed by atoms with van der Waals surface area (Å²) in [6, 6.07) is 0.174. The van der Waals surface area contributed by atoms with Gasteiger partial charge < -0.3 is 9.64 Å². The molecule has 1 fully saturated rings. The molecule has 3 rings (SSSR count). The van der Waals surface area contributed by atoms with Crippen LogP contribution in [-0.2, 0) is 6.54 Å². The molecule has 2 aromatic rings. The highest BCUT2D eigenvalue weighted by atomic mass is 35.5. The lowest BCUT2D eigenvalue weighted by Crippen LogP contribution is -2.24. The van der Waals surface area contributed by atoms with Crippen molar-refractivity contribution in [3.63, 3.8) is 0 Å². The highest BCUT2D eigenvalue weighted by molar-refractivity contribution is 6.30. The molecule has 148 valence electrons. The summed E-state index contributed by atoms with van der Waals surface area (Å²) in [5, 5.41) is 5.44. The summed E-state index contributed by atoms with van der Waals surface area (Å²) in [4.78, 5) is 11.3. The van der Waals surface area contributed by atoms with Gasteiger partial charge in [0.1, 0.15) is 5.15 Å². The first-order chi connectivity index (χ1) is 12.9. The Balaban J connectivity index is 1.86. The summed E-state index contributed by atoms with van der Waals surface area (Å²) in [6.07, 6.45) is 5.61. The third-order valence-electron chi connectivity index (χ3n) is 4.69. The Morgan fingerprint density at radius 2 is 2.00 bits per heavy atom. The Morgan fingerprint density at radius 1 is 1.22 bits per heavy atom. The average Bonchev–Trinajstić information content (AvgIpc) is 3.18. The molecule has 0 amide bonds. The standard InChI is InChI=1S/C20H30ClN5O/c1-13(2)11-26-20(21)19(15(5)24-26)16-7-6-8-25(16)17-9-22-10-18(23-17)27-12-14(3)4/h9-10,13-14,16H,6-8,11-12H2,1-5H3. The summed E-state index contributed by atoms with van der Waals surface area (Å²) in [5.41, 5.74) is 2.11. The first kappa shape index (κ1) is 19.9. The maximum absolute atomic E-state index is 6.74. The molecule has 27 heavy (non-hydrogen) atoms. The van der Waals surface area contributed by atoms with Crippen molar-refractivity contribution in [3.8, 4) is 5.88 Å². The van der Waals surface area contributed by atoms with Crippen LogP contribution in [0.15, 0.2) is 12.4 Å². The maximum Gasteiger partial charge on any atom is 0.234 e. The fraction of sp³-hybridized carbons (Fsp3) is 0.650. The molecule has 1 saturated heterocycles. The van der Waals surface area contributed by atoms with Crippen molar-refractivity contribution in [2.24, 2.45) is 11.8 Å². The van der Waals surface area contributed by atoms with E-state index < -0.39 is 0 Å². The predicted molar refractivity (Wildman–Crippen MR) is 108 cm³/mol. The summed E-state index contributed by atoms with van der Waals surface area (Å²) >= 11 is 6.74. The lowest BCUT2D eigenvalue weighted by Gasteiger charge is -2.26. The Labute approximate surface area is 166 Å². The minimum Gasteiger partial charge on any atom is -0.476 e. The quantitative estimate of drug-likeness (QED) is 0.686. The minimum atomic E-state index is 0.174. The molecule has 2 aromatic heterocycles. The van der Waals surface area contributed by atoms with Gasteiger partial charge in [-0.1, -0.05) is 39.3 Å². The Hall–Kier alpha value is -1.82. The number of hydrogen-bond acceptors (Lipinski definition) is 5. The first-order valence-electron chi connectivity index (χ1n) is 9.81. The van der Waals surface area contributed by atoms with Crippen LogP contribution in [0.3, 0.4) is 0 Å². The molecule has 0 saturated carbocycles. The molecule has 0 spiro atoms. The van der Waals surface area contributed by atoms with Gasteiger partial charge in [-0.25, -0.2) is 0 Å². The molecule has 1 unspecified atom stereocenters. The zero-order chi connectivity index (χ0) is 19.6. The van der Waals surface area contributed by atoms with Crippen LogP contribution in [0.5, 0.6) is 5.88 Å². The van der Waals surface area contributed by atoms with Crippen LogP contribution in [0.1, 0.15) is 57.8 Å². The second kappa shape index (κ2) is 8.46. The van der Waals surface area contributed by atoms with Crippen molar-refractivity contribution in [3.05, 3.63) is 28.8 Å². The molecule has 0 N–H and O–H groups in total. The van der Waals surface area contributed by atoms with E-state index in [4.69, 9.17) is 16.3 Å². The van der Waals surface area contributed by atoms with Crippen LogP contribution in [0.2, 0.25) is 5.15 Å². The molecule has 1 atom stereocenters. The van der Waals surface area contributed by atoms with Crippen LogP contribution in [0, 0.1) is 18.8 Å². The topological polar surface area (TPSA) is 56.1 Å². The fourth-order valence-corrected chi connectivity index (χ4v) is 3.92. The van der Waals surface area contributed by atoms with Gasteiger partial charge in [-0.05, 0) is 31.6 Å². The Kier molecular flexibility index (Phi) is 6.25. The van der Waals surface area contributed by atoms with Gasteiger partial charge in [-0.15, -0.1) is 0 Å². The molecule has 1 aliphatic rings. The zero-order valence-corrected chi connectivity index (χ0v) is 17.7. The van der Waals surface area contributed by atoms with Crippen molar-refractivity contribution in [2.45, 2.75) is 60.0 Å². The van der Waals surface area contributed by atoms with E-state index in [-0.39, 0.29) is 6.04 Å². The van der Waals surface area contributed by atoms with Gasteiger partial charge in [0.15, 0.2) is 5.82 Å². The summed E-state index contributed by atoms with van der Waals surface area (Å²) in [7, 11) is 0. The second-order valence-corrected chi connectivity index (χ2v) is 8.50. The smallest absolute Gasteiger partial charge is 0.234 e. The molecular weight excluding hydrogens is 362 g/mol. The number of hydrogen-bond donors (Lipinski definition) is 0. The lowest BCUT2D eigenvalue weighted by atomic mass is 10.1. The summed E-state index contributed by atoms with van der Waals surface area (Å²) in [5.74, 6) is 2.36. The fourth-order valence-electron chi connectivity index (χ4n) is 3.55. The summed E-state index contributed by atoms with van der Waals surface area (Å²) in [6.45, 7) is 13.0. The van der Waals surface area contributed by atoms with E-state index in [1.807, 2.05) is 17.8 Å². The highest BCUT2D eigenvalue weighted by Crippen LogP contribution is 2.40. The van der Waals surface area contributed by atoms with Gasteiger partial charge in [0, 0.05) is 18.7 Å². The number of aromatic nitrogens is 4. The third-order valence-corrected chi connectivity index (χ3v) is 5.09. The number of halogens is 1. The number of aryl methyl sites for hydroxylation is 1. The van der Waals surface area contributed by atoms with E-state index in [9.17, 15) is 0 Å². The normalized spacial score (nSPS) is 17.3. The molecule has 0 radical (unpaired) electrons. The SMILES string of the molecule is Cc1nn(CC(C)C)c(Cl)c1C1CCCN1c1cncc(OCC(C)C)n1.